The number of carbonyl (C=O) groups excluding carboxylic acids is 5. The highest BCUT2D eigenvalue weighted by molar-refractivity contribution is 6.23. The number of ether oxygens (including phenoxy) is 2. The molecule has 4 atom stereocenters. The highest BCUT2D eigenvalue weighted by atomic mass is 16.5. The molecule has 298 valence electrons. The van der Waals surface area contributed by atoms with Crippen molar-refractivity contribution in [2.45, 2.75) is 76.5 Å². The van der Waals surface area contributed by atoms with Crippen LogP contribution in [0.5, 0.6) is 11.5 Å². The molecule has 14 heteroatoms. The summed E-state index contributed by atoms with van der Waals surface area (Å²) in [5, 5.41) is 22.7. The molecule has 4 aliphatic rings. The van der Waals surface area contributed by atoms with Crippen molar-refractivity contribution in [1.82, 2.24) is 25.8 Å². The lowest BCUT2D eigenvalue weighted by Gasteiger charge is -2.66. The molecule has 58 heavy (non-hydrogen) atoms. The van der Waals surface area contributed by atoms with Gasteiger partial charge in [-0.3, -0.25) is 39.2 Å². The fourth-order valence-corrected chi connectivity index (χ4v) is 9.30. The van der Waals surface area contributed by atoms with Gasteiger partial charge in [-0.05, 0) is 105 Å². The Kier molecular flexibility index (Phi) is 10.1. The first kappa shape index (κ1) is 38.5. The van der Waals surface area contributed by atoms with Crippen LogP contribution in [0.2, 0.25) is 0 Å². The number of amides is 5. The Bertz CT molecular complexity index is 2390. The zero-order valence-electron chi connectivity index (χ0n) is 32.6. The van der Waals surface area contributed by atoms with Gasteiger partial charge in [-0.1, -0.05) is 13.8 Å². The van der Waals surface area contributed by atoms with Crippen molar-refractivity contribution in [3.8, 4) is 17.6 Å². The largest absolute Gasteiger partial charge is 0.494 e. The summed E-state index contributed by atoms with van der Waals surface area (Å²) in [5.41, 5.74) is 2.98. The number of rotatable bonds is 14. The van der Waals surface area contributed by atoms with Crippen molar-refractivity contribution in [2.24, 2.45) is 5.41 Å². The smallest absolute Gasteiger partial charge is 0.262 e. The summed E-state index contributed by atoms with van der Waals surface area (Å²) < 4.78 is 12.5. The van der Waals surface area contributed by atoms with Crippen LogP contribution in [-0.2, 0) is 15.0 Å². The first-order valence-electron chi connectivity index (χ1n) is 19.8. The van der Waals surface area contributed by atoms with Crippen LogP contribution in [0.25, 0.3) is 10.9 Å². The number of benzene rings is 3. The molecular formula is C44H45N7O7. The van der Waals surface area contributed by atoms with Crippen LogP contribution >= 0.6 is 0 Å². The number of unbranched alkanes of at least 4 members (excludes halogenated alkanes) is 2. The summed E-state index contributed by atoms with van der Waals surface area (Å²) in [6.07, 6.45) is 4.57. The normalized spacial score (nSPS) is 22.6. The summed E-state index contributed by atoms with van der Waals surface area (Å²) in [4.78, 5) is 68.8. The molecule has 8 rings (SSSR count). The van der Waals surface area contributed by atoms with Crippen molar-refractivity contribution in [3.63, 3.8) is 0 Å². The van der Waals surface area contributed by atoms with Crippen LogP contribution in [0.1, 0.15) is 95.1 Å². The number of pyridine rings is 1. The van der Waals surface area contributed by atoms with Crippen molar-refractivity contribution in [1.29, 1.82) is 5.26 Å². The lowest BCUT2D eigenvalue weighted by Crippen LogP contribution is -2.78. The molecule has 1 saturated heterocycles. The number of hydrogen-bond donors (Lipinski definition) is 4. The van der Waals surface area contributed by atoms with Gasteiger partial charge in [-0.2, -0.15) is 5.26 Å². The second kappa shape index (κ2) is 15.2. The van der Waals surface area contributed by atoms with Crippen LogP contribution in [-0.4, -0.2) is 83.8 Å². The second-order valence-corrected chi connectivity index (χ2v) is 16.1. The van der Waals surface area contributed by atoms with Crippen molar-refractivity contribution in [2.75, 3.05) is 31.6 Å². The molecule has 14 nitrogen and oxygen atoms in total. The van der Waals surface area contributed by atoms with Gasteiger partial charge in [0.15, 0.2) is 0 Å². The summed E-state index contributed by atoms with van der Waals surface area (Å²) in [6, 6.07) is 18.7. The van der Waals surface area contributed by atoms with E-state index in [4.69, 9.17) is 9.47 Å². The van der Waals surface area contributed by atoms with E-state index in [2.05, 4.69) is 53.1 Å². The molecule has 0 spiro atoms. The number of anilines is 1. The third-order valence-electron chi connectivity index (χ3n) is 12.1. The molecule has 1 aromatic heterocycles. The maximum atomic E-state index is 13.6. The third-order valence-corrected chi connectivity index (χ3v) is 12.1. The average Bonchev–Trinajstić information content (AvgIpc) is 3.46. The lowest BCUT2D eigenvalue weighted by atomic mass is 9.45. The average molecular weight is 784 g/mol. The standard InChI is InChI=1S/C44H45N7O7/c1-43(2)41(44(3)31-17-19-48-36-26(24-45)9-15-33(35(31)36)58-42(43)44)50-37(53)25-7-11-28(12-8-25)57-22-6-4-5-18-46-20-21-47-27-10-13-29-30(23-27)40(56)51(39(29)55)32-14-16-34(52)49-38(32)54/h7-13,15,17,19,23,32,41-42,46-47H,4-6,14,16,18,20-22H2,1-3H3,(H,50,53)(H,49,52,54)/t32?,41?,42-,44?/m0/s1. The maximum Gasteiger partial charge on any atom is 0.262 e. The van der Waals surface area contributed by atoms with Gasteiger partial charge in [0.25, 0.3) is 17.7 Å². The quantitative estimate of drug-likeness (QED) is 0.103. The zero-order valence-corrected chi connectivity index (χ0v) is 32.6. The number of nitrogens with one attached hydrogen (secondary N) is 4. The minimum absolute atomic E-state index is 0.0775. The molecule has 1 saturated carbocycles. The van der Waals surface area contributed by atoms with Gasteiger partial charge in [-0.15, -0.1) is 0 Å². The fraction of sp³-hybridized carbons (Fsp3) is 0.386. The predicted octanol–water partition coefficient (Wildman–Crippen LogP) is 4.62. The molecule has 5 amide bonds. The summed E-state index contributed by atoms with van der Waals surface area (Å²) in [6.45, 7) is 9.01. The summed E-state index contributed by atoms with van der Waals surface area (Å²) in [5.74, 6) is -0.850. The fourth-order valence-electron chi connectivity index (χ4n) is 9.30. The highest BCUT2D eigenvalue weighted by Crippen LogP contribution is 2.61. The third kappa shape index (κ3) is 6.58. The van der Waals surface area contributed by atoms with E-state index < -0.39 is 35.1 Å². The number of fused-ring (bicyclic) bond motifs is 3. The molecule has 0 bridgehead atoms. The zero-order chi connectivity index (χ0) is 40.8. The Labute approximate surface area is 335 Å². The van der Waals surface area contributed by atoms with E-state index in [0.29, 0.717) is 53.5 Å². The molecule has 3 aromatic carbocycles. The predicted molar refractivity (Wildman–Crippen MR) is 214 cm³/mol. The molecule has 0 radical (unpaired) electrons. The molecule has 4 heterocycles. The van der Waals surface area contributed by atoms with Crippen LogP contribution in [0, 0.1) is 16.7 Å². The van der Waals surface area contributed by atoms with E-state index in [-0.39, 0.29) is 47.4 Å². The summed E-state index contributed by atoms with van der Waals surface area (Å²) in [7, 11) is 0. The molecule has 1 aliphatic carbocycles. The Hall–Kier alpha value is -6.33. The Balaban J connectivity index is 0.743. The van der Waals surface area contributed by atoms with E-state index in [1.165, 1.54) is 0 Å². The minimum atomic E-state index is -0.988. The minimum Gasteiger partial charge on any atom is -0.494 e. The van der Waals surface area contributed by atoms with Crippen molar-refractivity contribution < 1.29 is 33.4 Å². The highest BCUT2D eigenvalue weighted by Gasteiger charge is 2.69. The van der Waals surface area contributed by atoms with E-state index in [9.17, 15) is 29.2 Å². The van der Waals surface area contributed by atoms with Crippen LogP contribution in [0.3, 0.4) is 0 Å². The molecule has 4 aromatic rings. The van der Waals surface area contributed by atoms with E-state index in [1.54, 1.807) is 42.6 Å². The van der Waals surface area contributed by atoms with Gasteiger partial charge in [0.1, 0.15) is 29.7 Å². The lowest BCUT2D eigenvalue weighted by molar-refractivity contribution is -0.136. The Morgan fingerprint density at radius 2 is 1.76 bits per heavy atom. The van der Waals surface area contributed by atoms with Crippen molar-refractivity contribution in [3.05, 3.63) is 94.7 Å². The van der Waals surface area contributed by atoms with Crippen LogP contribution in [0.15, 0.2) is 66.9 Å². The SMILES string of the molecule is CC1(C)C(NC(=O)c2ccc(OCCCCCNCCNc3ccc4c(c3)C(=O)N(C3CCC(=O)NC3=O)C4=O)cc2)C2(C)c3ccnc4c(C#N)ccc(c34)O[C@@H]12. The topological polar surface area (TPSA) is 192 Å². The first-order chi connectivity index (χ1) is 27.9. The molecular weight excluding hydrogens is 739 g/mol. The maximum absolute atomic E-state index is 13.6. The number of carbonyl (C=O) groups is 5. The van der Waals surface area contributed by atoms with E-state index in [1.807, 2.05) is 24.3 Å². The summed E-state index contributed by atoms with van der Waals surface area (Å²) >= 11 is 0. The van der Waals surface area contributed by atoms with Crippen molar-refractivity contribution >= 4 is 46.1 Å². The molecule has 4 N–H and O–H groups in total. The van der Waals surface area contributed by atoms with Gasteiger partial charge in [0, 0.05) is 47.8 Å². The number of piperidine rings is 1. The molecule has 3 aliphatic heterocycles. The van der Waals surface area contributed by atoms with Gasteiger partial charge in [0.05, 0.1) is 40.3 Å². The second-order valence-electron chi connectivity index (χ2n) is 16.1. The number of nitrogens with zero attached hydrogens (tertiary/aromatic N) is 3. The number of aromatic nitrogens is 1. The number of nitriles is 1. The van der Waals surface area contributed by atoms with Gasteiger partial charge >= 0.3 is 0 Å². The first-order valence-corrected chi connectivity index (χ1v) is 19.8. The monoisotopic (exact) mass is 783 g/mol. The molecule has 2 fully saturated rings. The Morgan fingerprint density at radius 1 is 0.966 bits per heavy atom. The Morgan fingerprint density at radius 3 is 2.53 bits per heavy atom. The van der Waals surface area contributed by atoms with Gasteiger partial charge < -0.3 is 25.4 Å². The molecule has 3 unspecified atom stereocenters. The van der Waals surface area contributed by atoms with Crippen LogP contribution < -0.4 is 30.7 Å². The number of imide groups is 2. The number of hydrogen-bond acceptors (Lipinski definition) is 11. The van der Waals surface area contributed by atoms with E-state index in [0.717, 1.165) is 41.7 Å². The van der Waals surface area contributed by atoms with Gasteiger partial charge in [-0.25, -0.2) is 0 Å². The van der Waals surface area contributed by atoms with Gasteiger partial charge in [0.2, 0.25) is 11.8 Å². The van der Waals surface area contributed by atoms with E-state index >= 15 is 0 Å². The van der Waals surface area contributed by atoms with Crippen LogP contribution in [0.4, 0.5) is 5.69 Å².